The van der Waals surface area contributed by atoms with Gasteiger partial charge in [-0.3, -0.25) is 0 Å². The van der Waals surface area contributed by atoms with Crippen LogP contribution in [0.25, 0.3) is 0 Å². The minimum atomic E-state index is -1.12. The van der Waals surface area contributed by atoms with Gasteiger partial charge in [0.05, 0.1) is 18.3 Å². The first-order chi connectivity index (χ1) is 14.6. The van der Waals surface area contributed by atoms with Crippen molar-refractivity contribution in [3.05, 3.63) is 0 Å². The van der Waals surface area contributed by atoms with Gasteiger partial charge in [-0.2, -0.15) is 0 Å². The zero-order chi connectivity index (χ0) is 22.0. The van der Waals surface area contributed by atoms with Crippen LogP contribution in [-0.2, 0) is 9.53 Å². The van der Waals surface area contributed by atoms with Crippen LogP contribution in [0.15, 0.2) is 0 Å². The van der Waals surface area contributed by atoms with Gasteiger partial charge in [0.1, 0.15) is 5.60 Å². The van der Waals surface area contributed by atoms with E-state index in [9.17, 15) is 20.1 Å². The van der Waals surface area contributed by atoms with Crippen LogP contribution >= 0.6 is 0 Å². The third kappa shape index (κ3) is 2.32. The largest absolute Gasteiger partial charge is 0.456 e. The van der Waals surface area contributed by atoms with Crippen molar-refractivity contribution in [1.82, 2.24) is 0 Å². The Hall–Kier alpha value is -1.09. The van der Waals surface area contributed by atoms with E-state index in [1.54, 1.807) is 6.92 Å². The monoisotopic (exact) mass is 428 g/mol. The van der Waals surface area contributed by atoms with Crippen molar-refractivity contribution in [3.63, 3.8) is 0 Å². The SMILES string of the molecule is CCOC(=O)C#C[C@]1(O)C2CC2C2C3C4CC4[C@]4(O)C[C@@H](O)CC[C@]4(C)C3CC[C@@]21C. The Kier molecular flexibility index (Phi) is 4.02. The fourth-order valence-electron chi connectivity index (χ4n) is 9.71. The van der Waals surface area contributed by atoms with Gasteiger partial charge in [-0.25, -0.2) is 4.79 Å². The highest BCUT2D eigenvalue weighted by Crippen LogP contribution is 2.81. The molecule has 5 heteroatoms. The molecule has 31 heavy (non-hydrogen) atoms. The Bertz CT molecular complexity index is 890. The maximum Gasteiger partial charge on any atom is 0.384 e. The van der Waals surface area contributed by atoms with Gasteiger partial charge in [-0.1, -0.05) is 19.8 Å². The number of carbonyl (C=O) groups is 1. The lowest BCUT2D eigenvalue weighted by atomic mass is 9.42. The Balaban J connectivity index is 1.37. The van der Waals surface area contributed by atoms with Crippen molar-refractivity contribution in [2.24, 2.45) is 52.3 Å². The highest BCUT2D eigenvalue weighted by Gasteiger charge is 2.81. The van der Waals surface area contributed by atoms with Gasteiger partial charge >= 0.3 is 5.97 Å². The predicted octanol–water partition coefficient (Wildman–Crippen LogP) is 2.51. The molecular formula is C26H36O5. The maximum absolute atomic E-state index is 11.9. The molecule has 6 rings (SSSR count). The minimum absolute atomic E-state index is 0.155. The molecule has 7 unspecified atom stereocenters. The summed E-state index contributed by atoms with van der Waals surface area (Å²) in [6.45, 7) is 6.56. The minimum Gasteiger partial charge on any atom is -0.456 e. The van der Waals surface area contributed by atoms with E-state index in [4.69, 9.17) is 4.74 Å². The number of aliphatic hydroxyl groups excluding tert-OH is 1. The van der Waals surface area contributed by atoms with E-state index in [0.717, 1.165) is 38.5 Å². The van der Waals surface area contributed by atoms with Crippen LogP contribution in [0.1, 0.15) is 65.7 Å². The summed E-state index contributed by atoms with van der Waals surface area (Å²) in [4.78, 5) is 11.9. The van der Waals surface area contributed by atoms with Gasteiger partial charge in [0.25, 0.3) is 0 Å². The first-order valence-electron chi connectivity index (χ1n) is 12.4. The van der Waals surface area contributed by atoms with Crippen LogP contribution < -0.4 is 0 Å². The van der Waals surface area contributed by atoms with Crippen LogP contribution in [-0.4, -0.2) is 45.2 Å². The Morgan fingerprint density at radius 2 is 1.74 bits per heavy atom. The van der Waals surface area contributed by atoms with Crippen LogP contribution in [0, 0.1) is 64.1 Å². The number of esters is 1. The van der Waals surface area contributed by atoms with Crippen molar-refractivity contribution in [1.29, 1.82) is 0 Å². The van der Waals surface area contributed by atoms with Crippen molar-refractivity contribution in [2.45, 2.75) is 83.0 Å². The average Bonchev–Trinajstić information content (AvgIpc) is 3.61. The molecule has 170 valence electrons. The fourth-order valence-corrected chi connectivity index (χ4v) is 9.71. The molecule has 0 aromatic rings. The molecule has 6 saturated carbocycles. The summed E-state index contributed by atoms with van der Waals surface area (Å²) in [5, 5.41) is 34.1. The summed E-state index contributed by atoms with van der Waals surface area (Å²) in [5.74, 6) is 7.86. The van der Waals surface area contributed by atoms with Gasteiger partial charge in [0.2, 0.25) is 0 Å². The maximum atomic E-state index is 11.9. The fraction of sp³-hybridized carbons (Fsp3) is 0.885. The van der Waals surface area contributed by atoms with Crippen LogP contribution in [0.5, 0.6) is 0 Å². The molecule has 0 radical (unpaired) electrons. The predicted molar refractivity (Wildman–Crippen MR) is 113 cm³/mol. The van der Waals surface area contributed by atoms with Crippen molar-refractivity contribution in [3.8, 4) is 11.8 Å². The second-order valence-electron chi connectivity index (χ2n) is 12.2. The number of fused-ring (bicyclic) bond motifs is 10. The van der Waals surface area contributed by atoms with Crippen molar-refractivity contribution >= 4 is 5.97 Å². The van der Waals surface area contributed by atoms with Gasteiger partial charge in [-0.05, 0) is 86.4 Å². The highest BCUT2D eigenvalue weighted by molar-refractivity contribution is 5.88. The number of hydrogen-bond acceptors (Lipinski definition) is 5. The standard InChI is InChI=1S/C26H36O5/c1-4-31-20(28)7-10-25(29)19-12-16(19)22-21-15-11-18(15)26(30)13-14(27)5-8-23(26,2)17(21)6-9-24(22,25)3/h14-19,21-22,27,29-30H,4-6,8-9,11-13H2,1-3H3/t14-,15?,16?,17?,18?,19?,21?,22?,23+,24-,25-,26+/m0/s1. The molecule has 5 nitrogen and oxygen atoms in total. The second-order valence-corrected chi connectivity index (χ2v) is 12.2. The van der Waals surface area contributed by atoms with Gasteiger partial charge in [-0.15, -0.1) is 0 Å². The number of carbonyl (C=O) groups excluding carboxylic acids is 1. The molecule has 0 saturated heterocycles. The van der Waals surface area contributed by atoms with Crippen LogP contribution in [0.4, 0.5) is 0 Å². The number of ether oxygens (including phenoxy) is 1. The normalized spacial score (nSPS) is 60.2. The van der Waals surface area contributed by atoms with E-state index in [1.807, 2.05) is 0 Å². The van der Waals surface area contributed by atoms with Crippen LogP contribution in [0.2, 0.25) is 0 Å². The Labute approximate surface area is 184 Å². The van der Waals surface area contributed by atoms with E-state index in [0.29, 0.717) is 42.6 Å². The molecule has 0 aromatic heterocycles. The lowest BCUT2D eigenvalue weighted by molar-refractivity contribution is -0.233. The molecule has 0 aliphatic heterocycles. The number of rotatable bonds is 1. The second kappa shape index (κ2) is 6.07. The zero-order valence-electron chi connectivity index (χ0n) is 18.9. The number of aliphatic hydroxyl groups is 3. The summed E-state index contributed by atoms with van der Waals surface area (Å²) in [6, 6.07) is 0. The molecule has 6 aliphatic carbocycles. The third-order valence-corrected chi connectivity index (χ3v) is 11.2. The number of hydrogen-bond donors (Lipinski definition) is 3. The van der Waals surface area contributed by atoms with E-state index in [2.05, 4.69) is 25.7 Å². The summed E-state index contributed by atoms with van der Waals surface area (Å²) in [6.07, 6.45) is 5.72. The van der Waals surface area contributed by atoms with Crippen LogP contribution in [0.3, 0.4) is 0 Å². The summed E-state index contributed by atoms with van der Waals surface area (Å²) in [5.41, 5.74) is -2.33. The molecule has 6 aliphatic rings. The molecule has 0 bridgehead atoms. The Morgan fingerprint density at radius 1 is 1.03 bits per heavy atom. The summed E-state index contributed by atoms with van der Waals surface area (Å²) < 4.78 is 4.99. The Morgan fingerprint density at radius 3 is 2.48 bits per heavy atom. The van der Waals surface area contributed by atoms with Crippen molar-refractivity contribution in [2.75, 3.05) is 6.61 Å². The molecule has 3 N–H and O–H groups in total. The molecule has 0 heterocycles. The van der Waals surface area contributed by atoms with Gasteiger partial charge in [0, 0.05) is 23.7 Å². The zero-order valence-corrected chi connectivity index (χ0v) is 18.9. The lowest BCUT2D eigenvalue weighted by Gasteiger charge is -2.64. The molecule has 0 aromatic carbocycles. The van der Waals surface area contributed by atoms with Gasteiger partial charge in [0.15, 0.2) is 0 Å². The first kappa shape index (κ1) is 20.5. The smallest absolute Gasteiger partial charge is 0.384 e. The summed E-state index contributed by atoms with van der Waals surface area (Å²) >= 11 is 0. The van der Waals surface area contributed by atoms with E-state index in [-0.39, 0.29) is 28.8 Å². The molecule has 12 atom stereocenters. The topological polar surface area (TPSA) is 87.0 Å². The van der Waals surface area contributed by atoms with Crippen molar-refractivity contribution < 1.29 is 24.9 Å². The highest BCUT2D eigenvalue weighted by atomic mass is 16.5. The third-order valence-electron chi connectivity index (χ3n) is 11.2. The molecule has 6 fully saturated rings. The van der Waals surface area contributed by atoms with E-state index >= 15 is 0 Å². The lowest BCUT2D eigenvalue weighted by Crippen LogP contribution is -2.65. The quantitative estimate of drug-likeness (QED) is 0.339. The summed E-state index contributed by atoms with van der Waals surface area (Å²) in [7, 11) is 0. The molecule has 0 spiro atoms. The van der Waals surface area contributed by atoms with Gasteiger partial charge < -0.3 is 20.1 Å². The average molecular weight is 429 g/mol. The van der Waals surface area contributed by atoms with E-state index in [1.165, 1.54) is 0 Å². The van der Waals surface area contributed by atoms with E-state index < -0.39 is 17.2 Å². The molecule has 0 amide bonds. The molecular weight excluding hydrogens is 392 g/mol. The first-order valence-corrected chi connectivity index (χ1v) is 12.4.